The summed E-state index contributed by atoms with van der Waals surface area (Å²) < 4.78 is 30.4. The maximum atomic E-state index is 14.8. The highest BCUT2D eigenvalue weighted by atomic mass is 32.1. The van der Waals surface area contributed by atoms with Gasteiger partial charge >= 0.3 is 12.1 Å². The number of methoxy groups -OCH3 is 2. The zero-order valence-corrected chi connectivity index (χ0v) is 47.5. The SMILES string of the molecule is CCC(C)[C@@H]([C@@H](CC(=O)N1CCC[C@H]1[C@H](OC)[C@@H](C)C(=O)NC(Cc1ccccc1)C(=O)O)OC)N(C)C(=O)C(NC(=O)[C@H](C(C)C)N(C)C(=O)OCc1ccc(O[C@H]2C[C@@H](O)[C@@H](O)[C@@H](CO)O2)c2cc(C)sc12)C(C)C. The molecule has 3 aromatic rings. The van der Waals surface area contributed by atoms with Gasteiger partial charge in [0.15, 0.2) is 0 Å². The molecule has 2 aliphatic rings. The highest BCUT2D eigenvalue weighted by Crippen LogP contribution is 2.38. The fourth-order valence-electron chi connectivity index (χ4n) is 10.7. The molecule has 0 spiro atoms. The summed E-state index contributed by atoms with van der Waals surface area (Å²) in [6.07, 6.45) is -4.88. The minimum absolute atomic E-state index is 0.0175. The standard InChI is InChI=1S/C56H83N5O15S/c1-13-32(6)48(42(72-11)27-44(64)61-23-17-20-39(61)50(73-12)34(8)52(66)57-38(55(69)70)25-35-18-15-14-16-19-35)59(9)54(68)46(30(2)3)58-53(67)47(31(4)5)60(10)56(71)74-29-36-21-22-41(37-24-33(7)77-51(36)37)75-45-26-40(63)49(65)43(28-62)76-45/h14-16,18-19,21-22,24,30-32,34,38-40,42-43,45-50,62-63,65H,13,17,20,23,25-29H2,1-12H3,(H,57,66)(H,58,67)(H,69,70)/t32?,34-,38?,39+,40-,42-,43-,45-,46?,47+,48+,49-,50-/m1/s1. The Balaban J connectivity index is 1.25. The number of aliphatic carboxylic acids is 1. The molecule has 3 heterocycles. The molecule has 21 heteroatoms. The summed E-state index contributed by atoms with van der Waals surface area (Å²) in [6.45, 7) is 14.5. The molecule has 20 nitrogen and oxygen atoms in total. The van der Waals surface area contributed by atoms with Crippen LogP contribution < -0.4 is 15.4 Å². The Morgan fingerprint density at radius 1 is 0.909 bits per heavy atom. The van der Waals surface area contributed by atoms with Crippen LogP contribution in [0.4, 0.5) is 4.79 Å². The first-order valence-electron chi connectivity index (χ1n) is 26.7. The number of hydrogen-bond donors (Lipinski definition) is 6. The number of nitrogens with one attached hydrogen (secondary N) is 2. The number of carbonyl (C=O) groups is 6. The molecule has 428 valence electrons. The van der Waals surface area contributed by atoms with Crippen molar-refractivity contribution in [2.24, 2.45) is 23.7 Å². The van der Waals surface area contributed by atoms with Gasteiger partial charge in [0.25, 0.3) is 0 Å². The number of nitrogens with zero attached hydrogens (tertiary/aromatic N) is 3. The van der Waals surface area contributed by atoms with Crippen LogP contribution in [0.15, 0.2) is 48.5 Å². The Morgan fingerprint density at radius 3 is 2.19 bits per heavy atom. The topological polar surface area (TPSA) is 263 Å². The molecule has 2 aromatic carbocycles. The van der Waals surface area contributed by atoms with Crippen LogP contribution in [0.1, 0.15) is 96.6 Å². The molecule has 77 heavy (non-hydrogen) atoms. The van der Waals surface area contributed by atoms with Gasteiger partial charge in [-0.05, 0) is 55.2 Å². The van der Waals surface area contributed by atoms with Crippen LogP contribution >= 0.6 is 11.3 Å². The number of amides is 5. The summed E-state index contributed by atoms with van der Waals surface area (Å²) in [5.74, 6) is -4.28. The van der Waals surface area contributed by atoms with Crippen molar-refractivity contribution in [3.63, 3.8) is 0 Å². The van der Waals surface area contributed by atoms with E-state index in [1.54, 1.807) is 74.0 Å². The van der Waals surface area contributed by atoms with Gasteiger partial charge in [0.2, 0.25) is 29.9 Å². The molecule has 0 bridgehead atoms. The van der Waals surface area contributed by atoms with E-state index in [1.807, 2.05) is 46.8 Å². The number of thiophene rings is 1. The van der Waals surface area contributed by atoms with Crippen molar-refractivity contribution >= 4 is 57.1 Å². The van der Waals surface area contributed by atoms with E-state index in [2.05, 4.69) is 10.6 Å². The van der Waals surface area contributed by atoms with Gasteiger partial charge in [-0.25, -0.2) is 9.59 Å². The number of carbonyl (C=O) groups excluding carboxylic acids is 5. The molecular formula is C56H83N5O15S. The number of likely N-dealkylation sites (tertiary alicyclic amines) is 1. The lowest BCUT2D eigenvalue weighted by atomic mass is 9.89. The lowest BCUT2D eigenvalue weighted by Crippen LogP contribution is -2.60. The van der Waals surface area contributed by atoms with E-state index in [-0.39, 0.29) is 37.7 Å². The third-order valence-electron chi connectivity index (χ3n) is 15.2. The van der Waals surface area contributed by atoms with Crippen molar-refractivity contribution < 1.29 is 72.9 Å². The molecule has 6 N–H and O–H groups in total. The highest BCUT2D eigenvalue weighted by molar-refractivity contribution is 7.19. The third-order valence-corrected chi connectivity index (χ3v) is 16.3. The summed E-state index contributed by atoms with van der Waals surface area (Å²) >= 11 is 1.46. The third kappa shape index (κ3) is 15.4. The molecule has 2 fully saturated rings. The molecule has 3 unspecified atom stereocenters. The lowest BCUT2D eigenvalue weighted by molar-refractivity contribution is -0.229. The average molecular weight is 1100 g/mol. The monoisotopic (exact) mass is 1100 g/mol. The van der Waals surface area contributed by atoms with Crippen molar-refractivity contribution in [3.05, 3.63) is 64.5 Å². The quantitative estimate of drug-likeness (QED) is 0.0626. The van der Waals surface area contributed by atoms with Crippen LogP contribution in [-0.2, 0) is 55.9 Å². The van der Waals surface area contributed by atoms with Gasteiger partial charge < -0.3 is 64.5 Å². The number of fused-ring (bicyclic) bond motifs is 1. The second kappa shape index (κ2) is 28.5. The van der Waals surface area contributed by atoms with Crippen LogP contribution in [0, 0.1) is 30.6 Å². The van der Waals surface area contributed by atoms with Gasteiger partial charge in [0, 0.05) is 68.2 Å². The van der Waals surface area contributed by atoms with Crippen LogP contribution in [0.3, 0.4) is 0 Å². The first-order valence-corrected chi connectivity index (χ1v) is 27.5. The van der Waals surface area contributed by atoms with Gasteiger partial charge in [-0.2, -0.15) is 0 Å². The Kier molecular flexibility index (Phi) is 23.1. The number of rotatable bonds is 26. The van der Waals surface area contributed by atoms with Gasteiger partial charge in [0.1, 0.15) is 42.7 Å². The summed E-state index contributed by atoms with van der Waals surface area (Å²) in [4.78, 5) is 88.7. The van der Waals surface area contributed by atoms with Crippen molar-refractivity contribution in [2.75, 3.05) is 41.5 Å². The Bertz CT molecular complexity index is 2460. The van der Waals surface area contributed by atoms with Gasteiger partial charge in [-0.3, -0.25) is 24.1 Å². The maximum Gasteiger partial charge on any atom is 0.410 e. The number of carboxylic acid groups (broad SMARTS) is 1. The van der Waals surface area contributed by atoms with E-state index in [1.165, 1.54) is 37.5 Å². The van der Waals surface area contributed by atoms with Crippen LogP contribution in [0.25, 0.3) is 10.1 Å². The first kappa shape index (κ1) is 62.4. The Morgan fingerprint density at radius 2 is 1.60 bits per heavy atom. The van der Waals surface area contributed by atoms with E-state index >= 15 is 0 Å². The van der Waals surface area contributed by atoms with E-state index in [9.17, 15) is 49.2 Å². The number of aliphatic hydroxyl groups is 3. The highest BCUT2D eigenvalue weighted by Gasteiger charge is 2.44. The Hall–Kier alpha value is -5.42. The average Bonchev–Trinajstić information content (AvgIpc) is 4.05. The number of carboxylic acids is 1. The predicted molar refractivity (Wildman–Crippen MR) is 289 cm³/mol. The molecule has 13 atom stereocenters. The number of hydrogen-bond acceptors (Lipinski definition) is 15. The predicted octanol–water partition coefficient (Wildman–Crippen LogP) is 4.88. The van der Waals surface area contributed by atoms with Crippen molar-refractivity contribution in [1.82, 2.24) is 25.3 Å². The molecule has 5 rings (SSSR count). The molecule has 1 aromatic heterocycles. The second-order valence-electron chi connectivity index (χ2n) is 21.3. The molecule has 2 saturated heterocycles. The molecule has 0 saturated carbocycles. The summed E-state index contributed by atoms with van der Waals surface area (Å²) in [5, 5.41) is 46.5. The molecule has 2 aliphatic heterocycles. The summed E-state index contributed by atoms with van der Waals surface area (Å²) in [7, 11) is 6.07. The van der Waals surface area contributed by atoms with Crippen molar-refractivity contribution in [3.8, 4) is 5.75 Å². The van der Waals surface area contributed by atoms with Gasteiger partial charge in [-0.15, -0.1) is 11.3 Å². The largest absolute Gasteiger partial charge is 0.480 e. The number of likely N-dealkylation sites (N-methyl/N-ethyl adjacent to an activating group) is 2. The minimum atomic E-state index is -1.25. The summed E-state index contributed by atoms with van der Waals surface area (Å²) in [5.41, 5.74) is 1.43. The lowest BCUT2D eigenvalue weighted by Gasteiger charge is -2.41. The van der Waals surface area contributed by atoms with E-state index < -0.39 is 121 Å². The second-order valence-corrected chi connectivity index (χ2v) is 22.5. The zero-order valence-electron chi connectivity index (χ0n) is 46.7. The van der Waals surface area contributed by atoms with Gasteiger partial charge in [0.05, 0.1) is 49.3 Å². The van der Waals surface area contributed by atoms with Crippen molar-refractivity contribution in [1.29, 1.82) is 0 Å². The zero-order chi connectivity index (χ0) is 57.0. The molecular weight excluding hydrogens is 1010 g/mol. The normalized spacial score (nSPS) is 21.8. The van der Waals surface area contributed by atoms with Crippen LogP contribution in [0.2, 0.25) is 0 Å². The molecule has 0 radical (unpaired) electrons. The van der Waals surface area contributed by atoms with E-state index in [0.717, 1.165) is 15.1 Å². The number of ether oxygens (including phenoxy) is 5. The number of aryl methyl sites for hydroxylation is 1. The Labute approximate surface area is 456 Å². The smallest absolute Gasteiger partial charge is 0.410 e. The fourth-order valence-corrected chi connectivity index (χ4v) is 11.7. The molecule has 0 aliphatic carbocycles. The van der Waals surface area contributed by atoms with Crippen LogP contribution in [0.5, 0.6) is 5.75 Å². The maximum absolute atomic E-state index is 14.8. The van der Waals surface area contributed by atoms with E-state index in [4.69, 9.17) is 23.7 Å². The van der Waals surface area contributed by atoms with Crippen molar-refractivity contribution in [2.45, 2.75) is 168 Å². The summed E-state index contributed by atoms with van der Waals surface area (Å²) in [6, 6.07) is 9.98. The number of aliphatic hydroxyl groups excluding tert-OH is 3. The van der Waals surface area contributed by atoms with Crippen LogP contribution in [-0.4, -0.2) is 179 Å². The van der Waals surface area contributed by atoms with Gasteiger partial charge in [-0.1, -0.05) is 91.3 Å². The minimum Gasteiger partial charge on any atom is -0.480 e. The fraction of sp³-hybridized carbons (Fsp3) is 0.643. The number of benzene rings is 2. The molecule has 5 amide bonds. The van der Waals surface area contributed by atoms with E-state index in [0.29, 0.717) is 42.5 Å². The first-order chi connectivity index (χ1) is 36.5.